The summed E-state index contributed by atoms with van der Waals surface area (Å²) in [6.07, 6.45) is 0. The van der Waals surface area contributed by atoms with Gasteiger partial charge in [0.2, 0.25) is 0 Å². The molecule has 0 radical (unpaired) electrons. The number of hydrogen-bond donors (Lipinski definition) is 0. The Morgan fingerprint density at radius 2 is 2.04 bits per heavy atom. The first-order valence-electron chi connectivity index (χ1n) is 7.75. The fourth-order valence-corrected chi connectivity index (χ4v) is 3.51. The van der Waals surface area contributed by atoms with Crippen LogP contribution < -0.4 is 0 Å². The molecule has 4 aromatic rings. The first-order valence-corrected chi connectivity index (χ1v) is 8.57. The first-order chi connectivity index (χ1) is 12.5. The number of aryl methyl sites for hydroxylation is 2. The van der Waals surface area contributed by atoms with E-state index in [0.717, 1.165) is 10.5 Å². The topological polar surface area (TPSA) is 78.4 Å². The summed E-state index contributed by atoms with van der Waals surface area (Å²) in [5.74, 6) is 1.03. The SMILES string of the molecule is Cc1cc(-c2nnc(COC(=O)c3cc4cc(F)ccc4s3)o2)c(C)o1. The highest BCUT2D eigenvalue weighted by Gasteiger charge is 2.17. The third-order valence-corrected chi connectivity index (χ3v) is 4.84. The van der Waals surface area contributed by atoms with Gasteiger partial charge < -0.3 is 13.6 Å². The van der Waals surface area contributed by atoms with Crippen LogP contribution in [0.3, 0.4) is 0 Å². The monoisotopic (exact) mass is 372 g/mol. The Kier molecular flexibility index (Phi) is 4.04. The van der Waals surface area contributed by atoms with E-state index in [1.807, 2.05) is 6.92 Å². The number of fused-ring (bicyclic) bond motifs is 1. The van der Waals surface area contributed by atoms with Gasteiger partial charge in [0.1, 0.15) is 22.2 Å². The number of benzene rings is 1. The Hall–Kier alpha value is -3.00. The van der Waals surface area contributed by atoms with E-state index in [0.29, 0.717) is 27.5 Å². The number of aromatic nitrogens is 2. The number of halogens is 1. The lowest BCUT2D eigenvalue weighted by Gasteiger charge is -1.98. The van der Waals surface area contributed by atoms with E-state index >= 15 is 0 Å². The van der Waals surface area contributed by atoms with Crippen LogP contribution in [0.2, 0.25) is 0 Å². The van der Waals surface area contributed by atoms with E-state index in [4.69, 9.17) is 13.6 Å². The van der Waals surface area contributed by atoms with Crippen LogP contribution in [-0.2, 0) is 11.3 Å². The zero-order valence-corrected chi connectivity index (χ0v) is 14.7. The quantitative estimate of drug-likeness (QED) is 0.485. The largest absolute Gasteiger partial charge is 0.466 e. The van der Waals surface area contributed by atoms with E-state index in [-0.39, 0.29) is 18.3 Å². The predicted octanol–water partition coefficient (Wildman–Crippen LogP) is 4.66. The molecule has 0 spiro atoms. The minimum absolute atomic E-state index is 0.148. The van der Waals surface area contributed by atoms with E-state index < -0.39 is 5.97 Å². The molecule has 6 nitrogen and oxygen atoms in total. The lowest BCUT2D eigenvalue weighted by molar-refractivity contribution is 0.0444. The van der Waals surface area contributed by atoms with Crippen LogP contribution in [0, 0.1) is 19.7 Å². The second kappa shape index (κ2) is 6.38. The third-order valence-electron chi connectivity index (χ3n) is 3.74. The van der Waals surface area contributed by atoms with Gasteiger partial charge in [0.25, 0.3) is 11.8 Å². The number of nitrogens with zero attached hydrogens (tertiary/aromatic N) is 2. The van der Waals surface area contributed by atoms with Gasteiger partial charge in [0.05, 0.1) is 5.56 Å². The Morgan fingerprint density at radius 3 is 2.81 bits per heavy atom. The number of hydrogen-bond acceptors (Lipinski definition) is 7. The summed E-state index contributed by atoms with van der Waals surface area (Å²) in [4.78, 5) is 12.6. The van der Waals surface area contributed by atoms with E-state index in [1.54, 1.807) is 25.1 Å². The van der Waals surface area contributed by atoms with Crippen LogP contribution in [0.25, 0.3) is 21.5 Å². The third kappa shape index (κ3) is 3.11. The standard InChI is InChI=1S/C18H13FN2O4S/c1-9-5-13(10(2)24-9)17-21-20-16(25-17)8-23-18(22)15-7-11-6-12(19)3-4-14(11)26-15/h3-7H,8H2,1-2H3. The molecular weight excluding hydrogens is 359 g/mol. The van der Waals surface area contributed by atoms with Crippen molar-refractivity contribution in [1.82, 2.24) is 10.2 Å². The van der Waals surface area contributed by atoms with E-state index in [2.05, 4.69) is 10.2 Å². The van der Waals surface area contributed by atoms with Gasteiger partial charge in [0, 0.05) is 4.70 Å². The van der Waals surface area contributed by atoms with Crippen molar-refractivity contribution in [1.29, 1.82) is 0 Å². The summed E-state index contributed by atoms with van der Waals surface area (Å²) in [5.41, 5.74) is 0.708. The molecule has 0 N–H and O–H groups in total. The average molecular weight is 372 g/mol. The van der Waals surface area contributed by atoms with Crippen molar-refractivity contribution < 1.29 is 22.8 Å². The van der Waals surface area contributed by atoms with Gasteiger partial charge in [-0.2, -0.15) is 0 Å². The molecule has 3 heterocycles. The van der Waals surface area contributed by atoms with Crippen LogP contribution in [-0.4, -0.2) is 16.2 Å². The first kappa shape index (κ1) is 16.5. The van der Waals surface area contributed by atoms with Crippen molar-refractivity contribution >= 4 is 27.4 Å². The number of esters is 1. The van der Waals surface area contributed by atoms with Crippen LogP contribution in [0.5, 0.6) is 0 Å². The fraction of sp³-hybridized carbons (Fsp3) is 0.167. The molecular formula is C18H13FN2O4S. The second-order valence-corrected chi connectivity index (χ2v) is 6.78. The minimum Gasteiger partial charge on any atom is -0.466 e. The van der Waals surface area contributed by atoms with Gasteiger partial charge >= 0.3 is 5.97 Å². The van der Waals surface area contributed by atoms with Crippen LogP contribution in [0.4, 0.5) is 4.39 Å². The molecule has 26 heavy (non-hydrogen) atoms. The molecule has 4 rings (SSSR count). The van der Waals surface area contributed by atoms with Crippen LogP contribution >= 0.6 is 11.3 Å². The maximum atomic E-state index is 13.2. The molecule has 8 heteroatoms. The van der Waals surface area contributed by atoms with E-state index in [9.17, 15) is 9.18 Å². The van der Waals surface area contributed by atoms with Crippen LogP contribution in [0.1, 0.15) is 27.1 Å². The molecule has 0 fully saturated rings. The smallest absolute Gasteiger partial charge is 0.348 e. The molecule has 132 valence electrons. The Bertz CT molecular complexity index is 1110. The van der Waals surface area contributed by atoms with Gasteiger partial charge in [-0.15, -0.1) is 21.5 Å². The summed E-state index contributed by atoms with van der Waals surface area (Å²) in [7, 11) is 0. The van der Waals surface area contributed by atoms with Crippen molar-refractivity contribution in [2.24, 2.45) is 0 Å². The van der Waals surface area contributed by atoms with Gasteiger partial charge in [-0.25, -0.2) is 9.18 Å². The highest BCUT2D eigenvalue weighted by molar-refractivity contribution is 7.20. The molecule has 3 aromatic heterocycles. The van der Waals surface area contributed by atoms with Crippen molar-refractivity contribution in [3.8, 4) is 11.5 Å². The molecule has 0 bridgehead atoms. The number of ether oxygens (including phenoxy) is 1. The lowest BCUT2D eigenvalue weighted by Crippen LogP contribution is -2.03. The summed E-state index contributed by atoms with van der Waals surface area (Å²) in [6.45, 7) is 3.48. The maximum absolute atomic E-state index is 13.2. The predicted molar refractivity (Wildman–Crippen MR) is 92.4 cm³/mol. The summed E-state index contributed by atoms with van der Waals surface area (Å²) >= 11 is 1.24. The fourth-order valence-electron chi connectivity index (χ4n) is 2.58. The minimum atomic E-state index is -0.526. The molecule has 0 unspecified atom stereocenters. The average Bonchev–Trinajstić information content (AvgIpc) is 3.30. The highest BCUT2D eigenvalue weighted by atomic mass is 32.1. The summed E-state index contributed by atoms with van der Waals surface area (Å²) in [5, 5.41) is 8.49. The van der Waals surface area contributed by atoms with Crippen molar-refractivity contribution in [2.75, 3.05) is 0 Å². The summed E-state index contributed by atoms with van der Waals surface area (Å²) in [6, 6.07) is 7.76. The normalized spacial score (nSPS) is 11.2. The van der Waals surface area contributed by atoms with Crippen LogP contribution in [0.15, 0.2) is 39.2 Å². The second-order valence-electron chi connectivity index (χ2n) is 5.70. The van der Waals surface area contributed by atoms with E-state index in [1.165, 1.54) is 23.5 Å². The highest BCUT2D eigenvalue weighted by Crippen LogP contribution is 2.28. The number of rotatable bonds is 4. The lowest BCUT2D eigenvalue weighted by atomic mass is 10.2. The van der Waals surface area contributed by atoms with Gasteiger partial charge in [0.15, 0.2) is 6.61 Å². The summed E-state index contributed by atoms with van der Waals surface area (Å²) < 4.78 is 30.2. The molecule has 0 aliphatic heterocycles. The number of thiophene rings is 1. The molecule has 0 saturated heterocycles. The Balaban J connectivity index is 1.46. The molecule has 0 saturated carbocycles. The Labute approximate surface area is 151 Å². The van der Waals surface area contributed by atoms with Crippen molar-refractivity contribution in [3.63, 3.8) is 0 Å². The number of carbonyl (C=O) groups is 1. The van der Waals surface area contributed by atoms with Gasteiger partial charge in [-0.3, -0.25) is 0 Å². The maximum Gasteiger partial charge on any atom is 0.348 e. The molecule has 0 atom stereocenters. The molecule has 0 aliphatic carbocycles. The number of carbonyl (C=O) groups excluding carboxylic acids is 1. The van der Waals surface area contributed by atoms with Gasteiger partial charge in [-0.05, 0) is 49.6 Å². The zero-order chi connectivity index (χ0) is 18.3. The molecule has 1 aromatic carbocycles. The van der Waals surface area contributed by atoms with Gasteiger partial charge in [-0.1, -0.05) is 0 Å². The van der Waals surface area contributed by atoms with Crippen molar-refractivity contribution in [3.05, 3.63) is 58.4 Å². The molecule has 0 amide bonds. The Morgan fingerprint density at radius 1 is 1.19 bits per heavy atom. The zero-order valence-electron chi connectivity index (χ0n) is 13.9. The van der Waals surface area contributed by atoms with Crippen molar-refractivity contribution in [2.45, 2.75) is 20.5 Å². The number of furan rings is 1. The molecule has 0 aliphatic rings.